The van der Waals surface area contributed by atoms with Crippen molar-refractivity contribution < 1.29 is 24.9 Å². The molecule has 2 aliphatic rings. The van der Waals surface area contributed by atoms with Crippen molar-refractivity contribution in [2.45, 2.75) is 31.0 Å². The number of hydrogen-bond acceptors (Lipinski definition) is 7. The zero-order valence-electron chi connectivity index (χ0n) is 12.7. The van der Waals surface area contributed by atoms with Crippen LogP contribution in [-0.4, -0.2) is 60.2 Å². The van der Waals surface area contributed by atoms with Gasteiger partial charge in [-0.1, -0.05) is 0 Å². The minimum Gasteiger partial charge on any atom is -0.394 e. The number of aliphatic hydroxyl groups excluding tert-OH is 2. The lowest BCUT2D eigenvalue weighted by atomic mass is 9.96. The maximum absolute atomic E-state index is 11.7. The second-order valence-electron chi connectivity index (χ2n) is 6.12. The van der Waals surface area contributed by atoms with Crippen LogP contribution >= 0.6 is 0 Å². The quantitative estimate of drug-likeness (QED) is 0.578. The van der Waals surface area contributed by atoms with Gasteiger partial charge in [0.2, 0.25) is 5.91 Å². The van der Waals surface area contributed by atoms with Gasteiger partial charge in [0.25, 0.3) is 0 Å². The second kappa shape index (κ2) is 5.08. The summed E-state index contributed by atoms with van der Waals surface area (Å²) in [5.74, 6) is 0.0678. The average molecular weight is 332 g/mol. The summed E-state index contributed by atoms with van der Waals surface area (Å²) in [7, 11) is 0. The number of carbonyl (C=O) groups is 1. The Kier molecular flexibility index (Phi) is 3.22. The number of aromatic nitrogens is 3. The molecule has 1 unspecified atom stereocenters. The lowest BCUT2D eigenvalue weighted by molar-refractivity contribution is -0.111. The van der Waals surface area contributed by atoms with E-state index < -0.39 is 30.6 Å². The Morgan fingerprint density at radius 3 is 2.92 bits per heavy atom. The molecule has 0 spiro atoms. The first-order valence-electron chi connectivity index (χ1n) is 7.45. The van der Waals surface area contributed by atoms with Gasteiger partial charge < -0.3 is 29.9 Å². The zero-order chi connectivity index (χ0) is 17.1. The van der Waals surface area contributed by atoms with Gasteiger partial charge in [0.15, 0.2) is 6.23 Å². The molecular formula is C15H16N4O5. The summed E-state index contributed by atoms with van der Waals surface area (Å²) in [5, 5.41) is 33.4. The van der Waals surface area contributed by atoms with E-state index in [9.17, 15) is 20.1 Å². The molecular weight excluding hydrogens is 316 g/mol. The Labute approximate surface area is 136 Å². The van der Waals surface area contributed by atoms with Crippen LogP contribution in [-0.2, 0) is 9.53 Å². The first-order chi connectivity index (χ1) is 11.4. The van der Waals surface area contributed by atoms with Crippen LogP contribution in [0, 0.1) is 0 Å². The highest BCUT2D eigenvalue weighted by molar-refractivity contribution is 6.11. The van der Waals surface area contributed by atoms with Gasteiger partial charge in [0.1, 0.15) is 35.6 Å². The number of amides is 1. The molecule has 1 saturated heterocycles. The van der Waals surface area contributed by atoms with Crippen LogP contribution in [0.2, 0.25) is 0 Å². The fraction of sp³-hybridized carbons (Fsp3) is 0.400. The van der Waals surface area contributed by atoms with Crippen LogP contribution in [0.4, 0.5) is 5.82 Å². The molecule has 0 aromatic carbocycles. The number of ether oxygens (including phenoxy) is 1. The van der Waals surface area contributed by atoms with Crippen molar-refractivity contribution in [2.75, 3.05) is 11.9 Å². The Hall–Kier alpha value is -2.33. The average Bonchev–Trinajstić information content (AvgIpc) is 2.95. The Balaban J connectivity index is 1.90. The fourth-order valence-corrected chi connectivity index (χ4v) is 3.23. The molecule has 2 aromatic rings. The van der Waals surface area contributed by atoms with Gasteiger partial charge in [-0.25, -0.2) is 9.97 Å². The molecule has 1 fully saturated rings. The van der Waals surface area contributed by atoms with Crippen molar-refractivity contribution in [1.29, 1.82) is 0 Å². The normalized spacial score (nSPS) is 32.2. The molecule has 0 bridgehead atoms. The smallest absolute Gasteiger partial charge is 0.249 e. The third kappa shape index (κ3) is 1.99. The lowest BCUT2D eigenvalue weighted by Crippen LogP contribution is -2.44. The van der Waals surface area contributed by atoms with E-state index in [1.807, 2.05) is 0 Å². The van der Waals surface area contributed by atoms with Gasteiger partial charge in [-0.05, 0) is 13.0 Å². The summed E-state index contributed by atoms with van der Waals surface area (Å²) in [6, 6.07) is 0. The van der Waals surface area contributed by atoms with Crippen LogP contribution < -0.4 is 5.32 Å². The number of anilines is 1. The third-order valence-electron chi connectivity index (χ3n) is 4.48. The van der Waals surface area contributed by atoms with Crippen molar-refractivity contribution >= 4 is 28.8 Å². The summed E-state index contributed by atoms with van der Waals surface area (Å²) in [6.45, 7) is 1.02. The van der Waals surface area contributed by atoms with Crippen LogP contribution in [0.3, 0.4) is 0 Å². The van der Waals surface area contributed by atoms with Gasteiger partial charge >= 0.3 is 0 Å². The molecule has 9 nitrogen and oxygen atoms in total. The number of nitrogens with zero attached hydrogens (tertiary/aromatic N) is 3. The maximum Gasteiger partial charge on any atom is 0.249 e. The van der Waals surface area contributed by atoms with E-state index in [4.69, 9.17) is 4.74 Å². The standard InChI is InChI=1S/C15H16N4O5/c1-15(23)11(22)8(5-20)24-14(15)19-4-7-2-3-9(21)18-12-10(7)13(19)17-6-16-12/h2-4,6,8,11,14,20,22-23H,5H2,1H3,(H,16,17,18,21)/t8-,11-,14-,15?/m1/s1. The van der Waals surface area contributed by atoms with Crippen molar-refractivity contribution in [1.82, 2.24) is 14.5 Å². The van der Waals surface area contributed by atoms with Crippen LogP contribution in [0.15, 0.2) is 18.6 Å². The highest BCUT2D eigenvalue weighted by Gasteiger charge is 2.53. The Bertz CT molecular complexity index is 859. The molecule has 4 atom stereocenters. The number of carbonyl (C=O) groups excluding carboxylic acids is 1. The van der Waals surface area contributed by atoms with Gasteiger partial charge in [-0.15, -0.1) is 0 Å². The zero-order valence-corrected chi connectivity index (χ0v) is 12.7. The molecule has 24 heavy (non-hydrogen) atoms. The minimum atomic E-state index is -1.63. The number of hydrogen-bond donors (Lipinski definition) is 4. The summed E-state index contributed by atoms with van der Waals surface area (Å²) in [5.41, 5.74) is -0.503. The molecule has 2 aromatic heterocycles. The van der Waals surface area contributed by atoms with E-state index in [1.54, 1.807) is 16.8 Å². The fourth-order valence-electron chi connectivity index (χ4n) is 3.23. The predicted molar refractivity (Wildman–Crippen MR) is 82.8 cm³/mol. The van der Waals surface area contributed by atoms with E-state index in [2.05, 4.69) is 15.3 Å². The summed E-state index contributed by atoms with van der Waals surface area (Å²) < 4.78 is 7.22. The van der Waals surface area contributed by atoms with E-state index >= 15 is 0 Å². The van der Waals surface area contributed by atoms with Crippen LogP contribution in [0.5, 0.6) is 0 Å². The first kappa shape index (κ1) is 15.2. The van der Waals surface area contributed by atoms with Crippen molar-refractivity contribution in [3.63, 3.8) is 0 Å². The van der Waals surface area contributed by atoms with Crippen molar-refractivity contribution in [2.24, 2.45) is 0 Å². The van der Waals surface area contributed by atoms with Crippen LogP contribution in [0.1, 0.15) is 18.7 Å². The number of nitrogens with one attached hydrogen (secondary N) is 1. The molecule has 4 heterocycles. The Morgan fingerprint density at radius 1 is 1.42 bits per heavy atom. The van der Waals surface area contributed by atoms with Gasteiger partial charge in [-0.2, -0.15) is 0 Å². The van der Waals surface area contributed by atoms with Gasteiger partial charge in [-0.3, -0.25) is 4.79 Å². The topological polar surface area (TPSA) is 130 Å². The minimum absolute atomic E-state index is 0.294. The molecule has 9 heteroatoms. The molecule has 126 valence electrons. The monoisotopic (exact) mass is 332 g/mol. The first-order valence-corrected chi connectivity index (χ1v) is 7.45. The highest BCUT2D eigenvalue weighted by atomic mass is 16.6. The van der Waals surface area contributed by atoms with Crippen molar-refractivity contribution in [3.05, 3.63) is 24.2 Å². The molecule has 1 amide bonds. The van der Waals surface area contributed by atoms with Crippen molar-refractivity contribution in [3.8, 4) is 0 Å². The third-order valence-corrected chi connectivity index (χ3v) is 4.48. The van der Waals surface area contributed by atoms with E-state index in [0.717, 1.165) is 0 Å². The molecule has 2 aliphatic heterocycles. The van der Waals surface area contributed by atoms with E-state index in [1.165, 1.54) is 19.3 Å². The van der Waals surface area contributed by atoms with E-state index in [0.29, 0.717) is 22.4 Å². The van der Waals surface area contributed by atoms with Gasteiger partial charge in [0.05, 0.1) is 12.0 Å². The molecule has 4 N–H and O–H groups in total. The highest BCUT2D eigenvalue weighted by Crippen LogP contribution is 2.41. The van der Waals surface area contributed by atoms with Crippen LogP contribution in [0.25, 0.3) is 17.1 Å². The predicted octanol–water partition coefficient (Wildman–Crippen LogP) is -0.602. The molecule has 0 radical (unpaired) electrons. The lowest BCUT2D eigenvalue weighted by Gasteiger charge is -2.27. The number of rotatable bonds is 2. The molecule has 4 rings (SSSR count). The van der Waals surface area contributed by atoms with Gasteiger partial charge in [0, 0.05) is 17.8 Å². The largest absolute Gasteiger partial charge is 0.394 e. The molecule has 0 aliphatic carbocycles. The SMILES string of the molecule is CC1(O)[C@H](O)[C@@H](CO)O[C@H]1n1cc2c3c(ncnc31)NC(=O)C=C2. The maximum atomic E-state index is 11.7. The Morgan fingerprint density at radius 2 is 2.21 bits per heavy atom. The molecule has 0 saturated carbocycles. The number of aliphatic hydroxyl groups is 3. The summed E-state index contributed by atoms with van der Waals surface area (Å²) in [4.78, 5) is 20.0. The summed E-state index contributed by atoms with van der Waals surface area (Å²) in [6.07, 6.45) is 2.86. The second-order valence-corrected chi connectivity index (χ2v) is 6.12. The summed E-state index contributed by atoms with van der Waals surface area (Å²) >= 11 is 0. The van der Waals surface area contributed by atoms with E-state index in [-0.39, 0.29) is 5.91 Å².